The molecule has 2 amide bonds. The number of nitrogens with zero attached hydrogens (tertiary/aromatic N) is 1. The van der Waals surface area contributed by atoms with Crippen molar-refractivity contribution in [1.29, 1.82) is 0 Å². The van der Waals surface area contributed by atoms with Crippen LogP contribution < -0.4 is 16.4 Å². The lowest BCUT2D eigenvalue weighted by molar-refractivity contribution is -0.120. The largest absolute Gasteiger partial charge is 0.354 e. The highest BCUT2D eigenvalue weighted by atomic mass is 16.2. The van der Waals surface area contributed by atoms with Gasteiger partial charge in [0.05, 0.1) is 17.6 Å². The van der Waals surface area contributed by atoms with Gasteiger partial charge in [0.1, 0.15) is 0 Å². The Balaban J connectivity index is 0.000000270. The Hall–Kier alpha value is -3.51. The summed E-state index contributed by atoms with van der Waals surface area (Å²) in [5.74, 6) is 0.00792. The van der Waals surface area contributed by atoms with Crippen LogP contribution in [0.4, 0.5) is 5.69 Å². The number of carbonyl (C=O) groups is 2. The lowest BCUT2D eigenvalue weighted by atomic mass is 9.72. The molecule has 2 aliphatic rings. The molecule has 1 aromatic heterocycles. The van der Waals surface area contributed by atoms with Crippen LogP contribution in [0.2, 0.25) is 0 Å². The molecule has 0 atom stereocenters. The maximum absolute atomic E-state index is 11.4. The molecule has 0 radical (unpaired) electrons. The van der Waals surface area contributed by atoms with Crippen molar-refractivity contribution in [3.63, 3.8) is 0 Å². The van der Waals surface area contributed by atoms with Crippen LogP contribution in [-0.4, -0.2) is 22.8 Å². The van der Waals surface area contributed by atoms with Gasteiger partial charge in [-0.3, -0.25) is 14.6 Å². The van der Waals surface area contributed by atoms with Gasteiger partial charge in [-0.2, -0.15) is 0 Å². The van der Waals surface area contributed by atoms with Crippen molar-refractivity contribution in [1.82, 2.24) is 10.3 Å². The number of rotatable bonds is 5. The van der Waals surface area contributed by atoms with E-state index in [0.717, 1.165) is 35.2 Å². The average molecular weight is 499 g/mol. The average Bonchev–Trinajstić information content (AvgIpc) is 2.88. The second-order valence-electron chi connectivity index (χ2n) is 10.3. The first kappa shape index (κ1) is 26.6. The zero-order chi connectivity index (χ0) is 26.3. The van der Waals surface area contributed by atoms with E-state index in [4.69, 9.17) is 5.73 Å². The highest BCUT2D eigenvalue weighted by Crippen LogP contribution is 2.40. The standard InChI is InChI=1S/C23H23N3O.C8H15NO/c1-16(27)26-20-14-21(17-6-3-2-4-7-17)22(25-15-20)18-8-10-19(11-9-18)23(24)12-5-13-23;1-7(10)9-8-5-3-2-4-6-8/h2-4,6-11,14-15H,5,12-13,24H2,1H3,(H,26,27);8H,2-6H2,1H3,(H,9,10). The van der Waals surface area contributed by atoms with Crippen LogP contribution in [0.3, 0.4) is 0 Å². The Morgan fingerprint density at radius 1 is 0.865 bits per heavy atom. The van der Waals surface area contributed by atoms with E-state index >= 15 is 0 Å². The Bertz CT molecular complexity index is 1200. The van der Waals surface area contributed by atoms with Crippen LogP contribution in [0.5, 0.6) is 0 Å². The molecular formula is C31H38N4O2. The molecule has 2 fully saturated rings. The highest BCUT2D eigenvalue weighted by molar-refractivity contribution is 5.91. The van der Waals surface area contributed by atoms with Gasteiger partial charge in [-0.25, -0.2) is 0 Å². The number of amides is 2. The molecule has 0 aliphatic heterocycles. The van der Waals surface area contributed by atoms with Crippen molar-refractivity contribution in [3.8, 4) is 22.4 Å². The highest BCUT2D eigenvalue weighted by Gasteiger charge is 2.34. The third kappa shape index (κ3) is 7.04. The summed E-state index contributed by atoms with van der Waals surface area (Å²) in [6, 6.07) is 21.0. The number of pyridine rings is 1. The maximum atomic E-state index is 11.4. The van der Waals surface area contributed by atoms with Crippen molar-refractivity contribution in [2.24, 2.45) is 5.73 Å². The van der Waals surface area contributed by atoms with Gasteiger partial charge in [0.15, 0.2) is 0 Å². The molecule has 2 aromatic carbocycles. The summed E-state index contributed by atoms with van der Waals surface area (Å²) in [5, 5.41) is 5.76. The number of carbonyl (C=O) groups excluding carboxylic acids is 2. The minimum atomic E-state index is -0.163. The minimum absolute atomic E-state index is 0.110. The lowest BCUT2D eigenvalue weighted by Crippen LogP contribution is -2.43. The zero-order valence-corrected chi connectivity index (χ0v) is 21.9. The summed E-state index contributed by atoms with van der Waals surface area (Å²) in [4.78, 5) is 26.7. The van der Waals surface area contributed by atoms with Gasteiger partial charge in [0, 0.05) is 36.6 Å². The SMILES string of the molecule is CC(=O)NC1CCCCC1.CC(=O)Nc1cnc(-c2ccc(C3(N)CCC3)cc2)c(-c2ccccc2)c1. The summed E-state index contributed by atoms with van der Waals surface area (Å²) < 4.78 is 0. The lowest BCUT2D eigenvalue weighted by Gasteiger charge is -2.38. The normalized spacial score (nSPS) is 16.5. The van der Waals surface area contributed by atoms with Crippen molar-refractivity contribution < 1.29 is 9.59 Å². The second-order valence-corrected chi connectivity index (χ2v) is 10.3. The predicted molar refractivity (Wildman–Crippen MR) is 150 cm³/mol. The fourth-order valence-corrected chi connectivity index (χ4v) is 5.14. The number of nitrogens with two attached hydrogens (primary N) is 1. The Labute approximate surface area is 220 Å². The fraction of sp³-hybridized carbons (Fsp3) is 0.387. The summed E-state index contributed by atoms with van der Waals surface area (Å²) in [5.41, 5.74) is 12.1. The number of nitrogens with one attached hydrogen (secondary N) is 2. The van der Waals surface area contributed by atoms with E-state index in [9.17, 15) is 9.59 Å². The Morgan fingerprint density at radius 3 is 2.11 bits per heavy atom. The van der Waals surface area contributed by atoms with Crippen LogP contribution in [0.1, 0.15) is 70.8 Å². The molecule has 0 spiro atoms. The summed E-state index contributed by atoms with van der Waals surface area (Å²) in [7, 11) is 0. The monoisotopic (exact) mass is 498 g/mol. The first-order valence-corrected chi connectivity index (χ1v) is 13.3. The number of benzene rings is 2. The van der Waals surface area contributed by atoms with E-state index in [1.807, 2.05) is 24.3 Å². The molecule has 3 aromatic rings. The van der Waals surface area contributed by atoms with E-state index in [0.29, 0.717) is 11.7 Å². The molecule has 37 heavy (non-hydrogen) atoms. The molecule has 0 saturated heterocycles. The van der Waals surface area contributed by atoms with Crippen molar-refractivity contribution in [3.05, 3.63) is 72.4 Å². The van der Waals surface area contributed by atoms with Gasteiger partial charge in [0.25, 0.3) is 0 Å². The summed E-state index contributed by atoms with van der Waals surface area (Å²) in [6.45, 7) is 3.09. The second kappa shape index (κ2) is 12.2. The molecule has 0 unspecified atom stereocenters. The smallest absolute Gasteiger partial charge is 0.221 e. The molecule has 6 nitrogen and oxygen atoms in total. The van der Waals surface area contributed by atoms with Gasteiger partial charge in [0.2, 0.25) is 11.8 Å². The maximum Gasteiger partial charge on any atom is 0.221 e. The van der Waals surface area contributed by atoms with Gasteiger partial charge in [-0.05, 0) is 49.3 Å². The van der Waals surface area contributed by atoms with Crippen LogP contribution >= 0.6 is 0 Å². The van der Waals surface area contributed by atoms with Crippen LogP contribution in [0, 0.1) is 0 Å². The number of aromatic nitrogens is 1. The van der Waals surface area contributed by atoms with Crippen LogP contribution in [-0.2, 0) is 15.1 Å². The van der Waals surface area contributed by atoms with Gasteiger partial charge < -0.3 is 16.4 Å². The van der Waals surface area contributed by atoms with Gasteiger partial charge in [-0.15, -0.1) is 0 Å². The van der Waals surface area contributed by atoms with Crippen molar-refractivity contribution in [2.45, 2.75) is 76.8 Å². The summed E-state index contributed by atoms with van der Waals surface area (Å²) in [6.07, 6.45) is 11.3. The van der Waals surface area contributed by atoms with E-state index < -0.39 is 0 Å². The Morgan fingerprint density at radius 2 is 1.54 bits per heavy atom. The number of hydrogen-bond acceptors (Lipinski definition) is 4. The molecular weight excluding hydrogens is 460 g/mol. The van der Waals surface area contributed by atoms with Crippen LogP contribution in [0.25, 0.3) is 22.4 Å². The third-order valence-corrected chi connectivity index (χ3v) is 7.28. The molecule has 2 aliphatic carbocycles. The van der Waals surface area contributed by atoms with Crippen LogP contribution in [0.15, 0.2) is 66.9 Å². The van der Waals surface area contributed by atoms with E-state index in [1.54, 1.807) is 13.1 Å². The van der Waals surface area contributed by atoms with E-state index in [1.165, 1.54) is 51.0 Å². The molecule has 1 heterocycles. The first-order valence-electron chi connectivity index (χ1n) is 13.3. The molecule has 194 valence electrons. The third-order valence-electron chi connectivity index (χ3n) is 7.28. The summed E-state index contributed by atoms with van der Waals surface area (Å²) >= 11 is 0. The van der Waals surface area contributed by atoms with Crippen molar-refractivity contribution >= 4 is 17.5 Å². The quantitative estimate of drug-likeness (QED) is 0.392. The van der Waals surface area contributed by atoms with E-state index in [2.05, 4.69) is 52.0 Å². The van der Waals surface area contributed by atoms with Gasteiger partial charge in [-0.1, -0.05) is 73.9 Å². The Kier molecular flexibility index (Phi) is 8.72. The first-order chi connectivity index (χ1) is 17.8. The zero-order valence-electron chi connectivity index (χ0n) is 21.9. The molecule has 4 N–H and O–H groups in total. The topological polar surface area (TPSA) is 97.1 Å². The minimum Gasteiger partial charge on any atom is -0.354 e. The number of hydrogen-bond donors (Lipinski definition) is 3. The predicted octanol–water partition coefficient (Wildman–Crippen LogP) is 6.17. The fourth-order valence-electron chi connectivity index (χ4n) is 5.14. The molecule has 0 bridgehead atoms. The molecule has 2 saturated carbocycles. The molecule has 6 heteroatoms. The van der Waals surface area contributed by atoms with E-state index in [-0.39, 0.29) is 17.4 Å². The number of anilines is 1. The van der Waals surface area contributed by atoms with Gasteiger partial charge >= 0.3 is 0 Å². The molecule has 5 rings (SSSR count). The van der Waals surface area contributed by atoms with Crippen molar-refractivity contribution in [2.75, 3.05) is 5.32 Å².